The third-order valence-corrected chi connectivity index (χ3v) is 24.9. The lowest BCUT2D eigenvalue weighted by atomic mass is 9.42. The van der Waals surface area contributed by atoms with Gasteiger partial charge in [0.2, 0.25) is 0 Å². The van der Waals surface area contributed by atoms with Crippen LogP contribution in [0.15, 0.2) is 70.5 Å². The van der Waals surface area contributed by atoms with Gasteiger partial charge in [-0.15, -0.1) is 0 Å². The first kappa shape index (κ1) is 99.4. The van der Waals surface area contributed by atoms with Crippen molar-refractivity contribution in [3.63, 3.8) is 0 Å². The first-order chi connectivity index (χ1) is 59.2. The van der Waals surface area contributed by atoms with Gasteiger partial charge in [-0.1, -0.05) is 48.4 Å². The minimum absolute atomic E-state index is 0.0277. The number of nitrogens with zero attached hydrogens (tertiary/aromatic N) is 8. The summed E-state index contributed by atoms with van der Waals surface area (Å²) in [7, 11) is 0. The predicted molar refractivity (Wildman–Crippen MR) is 437 cm³/mol. The minimum atomic E-state index is -1.28. The molecule has 4 saturated carbocycles. The SMILES string of the molecule is C[C@H](/C=N/OCC(=O)Nc1ccc(CN(CCN(CCN(CC(=O)O)CC(=O)O)CC(=O)O)CC(=O)O)cc1)O[C@H](C/C=N/OCC(=O)Nc1ccc(CN(CCN(CCN(CC(=O)O)CC(=O)O)CC(=O)O)CC(=O)O)cc1)O[C@H]1[C@@H](O)C[C@H](O[C@H]2[C@@H](O)C[C@H](O[C@H]3CC[C@@]4(C)[C@H](CC[C@@H]5[C@@H]4C[C@@H](O)[C@]4(C)[C@@H](C6=CCOC6=O)CCC54O)C3)O[C@@H]2C)O[C@@H]1C. The van der Waals surface area contributed by atoms with Gasteiger partial charge in [0.05, 0.1) is 107 Å². The van der Waals surface area contributed by atoms with Crippen LogP contribution in [0.4, 0.5) is 11.4 Å². The summed E-state index contributed by atoms with van der Waals surface area (Å²) in [6.07, 6.45) is -1.32. The highest BCUT2D eigenvalue weighted by molar-refractivity contribution is 5.93. The van der Waals surface area contributed by atoms with E-state index in [2.05, 4.69) is 27.9 Å². The second kappa shape index (κ2) is 46.4. The molecule has 1 unspecified atom stereocenters. The molecule has 3 heterocycles. The molecule has 0 bridgehead atoms. The lowest BCUT2D eigenvalue weighted by molar-refractivity contribution is -0.328. The Morgan fingerprint density at radius 1 is 0.536 bits per heavy atom. The fraction of sp³-hybridized carbons (Fsp3) is 0.675. The zero-order valence-electron chi connectivity index (χ0n) is 70.8. The van der Waals surface area contributed by atoms with E-state index in [-0.39, 0.29) is 132 Å². The van der Waals surface area contributed by atoms with Crippen LogP contribution >= 0.6 is 0 Å². The number of aliphatic hydroxyl groups is 4. The molecule has 42 heteroatoms. The summed E-state index contributed by atoms with van der Waals surface area (Å²) >= 11 is 0. The number of esters is 1. The summed E-state index contributed by atoms with van der Waals surface area (Å²) in [6, 6.07) is 12.8. The van der Waals surface area contributed by atoms with E-state index < -0.39 is 204 Å². The summed E-state index contributed by atoms with van der Waals surface area (Å²) in [5.41, 5.74) is 0.228. The average molecular weight is 1770 g/mol. The molecular formula is C83H120N10O32. The number of fused-ring (bicyclic) bond motifs is 5. The number of carboxylic acids is 8. The molecule has 7 aliphatic rings. The zero-order valence-corrected chi connectivity index (χ0v) is 70.8. The van der Waals surface area contributed by atoms with Crippen molar-refractivity contribution in [2.24, 2.45) is 44.8 Å². The molecule has 9 rings (SSSR count). The standard InChI is InChI=1S/C83H120N10O32/c1-49(36-85-119-48-66(98)87-56-13-8-53(9-14-56)38-91(42-70(105)106)28-24-89(40-68(101)102)26-30-93(45-73(111)112)46-74(113)114)120-75(18-22-84-118-47-65(97)86-55-11-6-52(7-12-55)37-90(41-69(103)104)27-23-88(39-67(99)100)25-29-92(43-71(107)108)44-72(109)110)124-78-50(2)122-77(35-63(78)95)125-79-51(3)121-76(34-62(79)94)123-57-16-20-81(4)54(32-57)10-15-60-61(81)33-64(96)82(5)59(17-21-83(60,82)116)58-19-31-117-80(58)115/h6-9,11-14,19,22,36,49-51,54,57,59-64,75-79,94-96,116H,10,15-18,20-21,23-35,37-48H2,1-5H3,(H,86,97)(H,87,98)(H,99,100)(H,101,102)(H,103,104)(H,105,106)(H,107,108)(H,109,110)(H,111,112)(H,113,114)/b84-22+,85-36+/t49-,50-,51-,54-,57+,59-,60-,61+,62+,63+,64-,75+,76+,77+,78-,79-,81+,82+,83?/m1/s1. The maximum atomic E-state index is 13.1. The van der Waals surface area contributed by atoms with Crippen LogP contribution in [0.3, 0.4) is 0 Å². The van der Waals surface area contributed by atoms with Gasteiger partial charge < -0.3 is 115 Å². The van der Waals surface area contributed by atoms with Crippen molar-refractivity contribution in [2.75, 3.05) is 135 Å². The Hall–Kier alpha value is -9.35. The van der Waals surface area contributed by atoms with Crippen LogP contribution in [0, 0.1) is 34.5 Å². The molecule has 2 saturated heterocycles. The quantitative estimate of drug-likeness (QED) is 0.0146. The number of carboxylic acid groups (broad SMARTS) is 8. The second-order valence-corrected chi connectivity index (χ2v) is 33.8. The second-order valence-electron chi connectivity index (χ2n) is 33.8. The number of carbonyl (C=O) groups excluding carboxylic acids is 3. The third-order valence-electron chi connectivity index (χ3n) is 24.9. The Balaban J connectivity index is 0.769. The number of hydrogen-bond donors (Lipinski definition) is 14. The van der Waals surface area contributed by atoms with Crippen molar-refractivity contribution in [2.45, 2.75) is 198 Å². The van der Waals surface area contributed by atoms with Gasteiger partial charge in [-0.2, -0.15) is 0 Å². The van der Waals surface area contributed by atoms with E-state index in [9.17, 15) is 114 Å². The number of benzene rings is 2. The molecule has 0 aromatic heterocycles. The van der Waals surface area contributed by atoms with E-state index in [4.69, 9.17) is 42.8 Å². The number of aliphatic carboxylic acids is 8. The van der Waals surface area contributed by atoms with Crippen LogP contribution in [-0.4, -0.2) is 373 Å². The number of carbonyl (C=O) groups is 11. The summed E-state index contributed by atoms with van der Waals surface area (Å²) in [6.45, 7) is 4.06. The van der Waals surface area contributed by atoms with Crippen molar-refractivity contribution in [1.82, 2.24) is 29.4 Å². The monoisotopic (exact) mass is 1770 g/mol. The van der Waals surface area contributed by atoms with Gasteiger partial charge in [0.25, 0.3) is 11.8 Å². The molecule has 14 N–H and O–H groups in total. The van der Waals surface area contributed by atoms with E-state index in [0.717, 1.165) is 35.5 Å². The zero-order chi connectivity index (χ0) is 91.0. The molecule has 19 atom stereocenters. The fourth-order valence-electron chi connectivity index (χ4n) is 18.9. The first-order valence-electron chi connectivity index (χ1n) is 42.0. The van der Waals surface area contributed by atoms with Crippen molar-refractivity contribution in [1.29, 1.82) is 0 Å². The van der Waals surface area contributed by atoms with Gasteiger partial charge in [0.15, 0.2) is 32.1 Å². The molecule has 2 aromatic rings. The van der Waals surface area contributed by atoms with Gasteiger partial charge in [-0.3, -0.25) is 77.3 Å². The number of nitrogens with one attached hydrogen (secondary N) is 2. The molecule has 125 heavy (non-hydrogen) atoms. The normalized spacial score (nSPS) is 28.4. The number of ether oxygens (including phenoxy) is 7. The summed E-state index contributed by atoms with van der Waals surface area (Å²) < 4.78 is 43.6. The van der Waals surface area contributed by atoms with Crippen LogP contribution in [0.1, 0.15) is 116 Å². The maximum absolute atomic E-state index is 13.1. The van der Waals surface area contributed by atoms with Gasteiger partial charge in [-0.05, 0) is 137 Å². The van der Waals surface area contributed by atoms with Crippen LogP contribution in [0.25, 0.3) is 0 Å². The van der Waals surface area contributed by atoms with Gasteiger partial charge in [-0.25, -0.2) is 4.79 Å². The van der Waals surface area contributed by atoms with Crippen LogP contribution in [0.2, 0.25) is 0 Å². The van der Waals surface area contributed by atoms with Gasteiger partial charge in [0.1, 0.15) is 18.8 Å². The highest BCUT2D eigenvalue weighted by Crippen LogP contribution is 2.70. The van der Waals surface area contributed by atoms with E-state index in [1.165, 1.54) is 32.0 Å². The van der Waals surface area contributed by atoms with Crippen molar-refractivity contribution < 1.29 is 157 Å². The summed E-state index contributed by atoms with van der Waals surface area (Å²) in [4.78, 5) is 150. The molecule has 0 spiro atoms. The largest absolute Gasteiger partial charge is 0.480 e. The predicted octanol–water partition coefficient (Wildman–Crippen LogP) is 1.25. The summed E-state index contributed by atoms with van der Waals surface area (Å²) in [5.74, 6) is -11.5. The highest BCUT2D eigenvalue weighted by atomic mass is 16.7. The van der Waals surface area contributed by atoms with E-state index in [1.807, 2.05) is 6.92 Å². The Bertz CT molecular complexity index is 4040. The molecule has 42 nitrogen and oxygen atoms in total. The van der Waals surface area contributed by atoms with E-state index >= 15 is 0 Å². The number of amides is 2. The number of oxime groups is 2. The number of aliphatic hydroxyl groups excluding tert-OH is 3. The number of rotatable bonds is 52. The summed E-state index contributed by atoms with van der Waals surface area (Å²) in [5, 5.41) is 137. The van der Waals surface area contributed by atoms with Gasteiger partial charge in [0, 0.05) is 119 Å². The lowest BCUT2D eigenvalue weighted by Gasteiger charge is -2.65. The fourth-order valence-corrected chi connectivity index (χ4v) is 18.9. The van der Waals surface area contributed by atoms with Gasteiger partial charge >= 0.3 is 53.7 Å². The Kier molecular flexibility index (Phi) is 36.9. The van der Waals surface area contributed by atoms with Crippen molar-refractivity contribution in [3.8, 4) is 0 Å². The molecule has 4 aliphatic carbocycles. The van der Waals surface area contributed by atoms with E-state index in [1.54, 1.807) is 75.4 Å². The lowest BCUT2D eigenvalue weighted by Crippen LogP contribution is -2.67. The number of anilines is 2. The van der Waals surface area contributed by atoms with Crippen LogP contribution in [-0.2, 0) is 109 Å². The van der Waals surface area contributed by atoms with Crippen LogP contribution in [0.5, 0.6) is 0 Å². The molecule has 3 aliphatic heterocycles. The smallest absolute Gasteiger partial charge is 0.334 e. The molecule has 2 amide bonds. The first-order valence-corrected chi connectivity index (χ1v) is 42.0. The number of hydrogen-bond acceptors (Lipinski definition) is 32. The molecule has 0 radical (unpaired) electrons. The average Bonchev–Trinajstić information content (AvgIpc) is 1.58. The Labute approximate surface area is 721 Å². The third kappa shape index (κ3) is 29.1. The maximum Gasteiger partial charge on any atom is 0.334 e. The van der Waals surface area contributed by atoms with Crippen molar-refractivity contribution in [3.05, 3.63) is 71.3 Å². The molecule has 2 aromatic carbocycles. The van der Waals surface area contributed by atoms with Crippen molar-refractivity contribution >= 4 is 89.3 Å². The van der Waals surface area contributed by atoms with E-state index in [0.29, 0.717) is 53.8 Å². The topological polar surface area (TPSA) is 582 Å². The van der Waals surface area contributed by atoms with Crippen LogP contribution < -0.4 is 10.6 Å². The Morgan fingerprint density at radius 3 is 1.44 bits per heavy atom. The Morgan fingerprint density at radius 2 is 0.976 bits per heavy atom. The molecule has 6 fully saturated rings. The number of cyclic esters (lactones) is 1. The highest BCUT2D eigenvalue weighted by Gasteiger charge is 2.71. The molecular weight excluding hydrogens is 1650 g/mol. The molecule has 694 valence electrons. The minimum Gasteiger partial charge on any atom is -0.480 e.